The van der Waals surface area contributed by atoms with Crippen molar-refractivity contribution in [2.45, 2.75) is 6.92 Å². The minimum atomic E-state index is -0.345. The summed E-state index contributed by atoms with van der Waals surface area (Å²) in [5.74, 6) is 0.935. The molecule has 0 aliphatic carbocycles. The molecule has 5 nitrogen and oxygen atoms in total. The molecular formula is C15H15FN2O3. The molecule has 2 rings (SSSR count). The number of nitrogens with zero attached hydrogens (tertiary/aromatic N) is 1. The highest BCUT2D eigenvalue weighted by Gasteiger charge is 2.12. The summed E-state index contributed by atoms with van der Waals surface area (Å²) in [6, 6.07) is 9.06. The Labute approximate surface area is 121 Å². The van der Waals surface area contributed by atoms with E-state index in [1.807, 2.05) is 0 Å². The number of nitrogens with two attached hydrogens (primary N) is 1. The zero-order valence-electron chi connectivity index (χ0n) is 11.6. The Morgan fingerprint density at radius 1 is 1.19 bits per heavy atom. The quantitative estimate of drug-likeness (QED) is 0.393. The molecule has 110 valence electrons. The van der Waals surface area contributed by atoms with Crippen LogP contribution in [0.5, 0.6) is 17.2 Å². The largest absolute Gasteiger partial charge is 0.497 e. The zero-order valence-corrected chi connectivity index (χ0v) is 11.6. The topological polar surface area (TPSA) is 77.1 Å². The number of ether oxygens (including phenoxy) is 2. The summed E-state index contributed by atoms with van der Waals surface area (Å²) in [4.78, 5) is 0. The normalized spacial score (nSPS) is 11.3. The average Bonchev–Trinajstić information content (AvgIpc) is 2.49. The van der Waals surface area contributed by atoms with Gasteiger partial charge in [0.1, 0.15) is 23.1 Å². The van der Waals surface area contributed by atoms with Gasteiger partial charge < -0.3 is 20.4 Å². The fourth-order valence-corrected chi connectivity index (χ4v) is 1.83. The van der Waals surface area contributed by atoms with Crippen LogP contribution < -0.4 is 15.2 Å². The van der Waals surface area contributed by atoms with E-state index in [0.717, 1.165) is 0 Å². The number of hydrogen-bond acceptors (Lipinski definition) is 4. The molecule has 2 aromatic rings. The van der Waals surface area contributed by atoms with Gasteiger partial charge in [-0.2, -0.15) is 0 Å². The van der Waals surface area contributed by atoms with Crippen LogP contribution in [0.2, 0.25) is 0 Å². The maximum Gasteiger partial charge on any atom is 0.173 e. The monoisotopic (exact) mass is 290 g/mol. The summed E-state index contributed by atoms with van der Waals surface area (Å²) in [5.41, 5.74) is 6.65. The summed E-state index contributed by atoms with van der Waals surface area (Å²) in [6.07, 6.45) is 0. The molecule has 0 radical (unpaired) electrons. The van der Waals surface area contributed by atoms with Crippen molar-refractivity contribution in [2.24, 2.45) is 10.9 Å². The van der Waals surface area contributed by atoms with E-state index >= 15 is 0 Å². The lowest BCUT2D eigenvalue weighted by Crippen LogP contribution is -2.14. The first-order chi connectivity index (χ1) is 10.0. The molecule has 0 aromatic heterocycles. The highest BCUT2D eigenvalue weighted by molar-refractivity contribution is 5.99. The van der Waals surface area contributed by atoms with Gasteiger partial charge in [0.25, 0.3) is 0 Å². The summed E-state index contributed by atoms with van der Waals surface area (Å²) in [6.45, 7) is 1.72. The lowest BCUT2D eigenvalue weighted by atomic mass is 10.1. The molecule has 2 aromatic carbocycles. The molecule has 0 bridgehead atoms. The highest BCUT2D eigenvalue weighted by atomic mass is 19.1. The van der Waals surface area contributed by atoms with Gasteiger partial charge in [-0.1, -0.05) is 5.16 Å². The van der Waals surface area contributed by atoms with Crippen LogP contribution in [0, 0.1) is 12.7 Å². The molecular weight excluding hydrogens is 275 g/mol. The van der Waals surface area contributed by atoms with Crippen molar-refractivity contribution in [2.75, 3.05) is 7.11 Å². The van der Waals surface area contributed by atoms with Crippen LogP contribution >= 0.6 is 0 Å². The number of rotatable bonds is 4. The molecule has 0 saturated heterocycles. The number of hydrogen-bond donors (Lipinski definition) is 2. The Kier molecular flexibility index (Phi) is 4.27. The fraction of sp³-hybridized carbons (Fsp3) is 0.133. The second-order valence-electron chi connectivity index (χ2n) is 4.36. The van der Waals surface area contributed by atoms with Gasteiger partial charge in [-0.3, -0.25) is 0 Å². The van der Waals surface area contributed by atoms with Crippen molar-refractivity contribution >= 4 is 5.84 Å². The molecule has 0 saturated carbocycles. The number of oxime groups is 1. The first-order valence-corrected chi connectivity index (χ1v) is 6.15. The van der Waals surface area contributed by atoms with Crippen LogP contribution in [-0.4, -0.2) is 18.2 Å². The molecule has 0 atom stereocenters. The maximum atomic E-state index is 13.1. The van der Waals surface area contributed by atoms with Gasteiger partial charge in [0.15, 0.2) is 5.84 Å². The lowest BCUT2D eigenvalue weighted by Gasteiger charge is -2.13. The van der Waals surface area contributed by atoms with Crippen molar-refractivity contribution in [3.05, 3.63) is 53.3 Å². The molecule has 0 heterocycles. The third-order valence-corrected chi connectivity index (χ3v) is 2.93. The third kappa shape index (κ3) is 3.22. The van der Waals surface area contributed by atoms with Gasteiger partial charge in [0.2, 0.25) is 0 Å². The predicted molar refractivity (Wildman–Crippen MR) is 76.7 cm³/mol. The van der Waals surface area contributed by atoms with E-state index in [1.54, 1.807) is 25.1 Å². The SMILES string of the molecule is COc1ccc(/C(N)=N/O)c(Oc2ccc(F)cc2C)c1. The first-order valence-electron chi connectivity index (χ1n) is 6.15. The molecule has 0 amide bonds. The third-order valence-electron chi connectivity index (χ3n) is 2.93. The lowest BCUT2D eigenvalue weighted by molar-refractivity contribution is 0.318. The van der Waals surface area contributed by atoms with Crippen LogP contribution in [0.15, 0.2) is 41.6 Å². The number of halogens is 1. The minimum absolute atomic E-state index is 0.0904. The molecule has 0 aliphatic rings. The summed E-state index contributed by atoms with van der Waals surface area (Å²) in [7, 11) is 1.52. The van der Waals surface area contributed by atoms with Gasteiger partial charge in [-0.25, -0.2) is 4.39 Å². The van der Waals surface area contributed by atoms with E-state index in [-0.39, 0.29) is 11.7 Å². The van der Waals surface area contributed by atoms with Crippen LogP contribution in [0.25, 0.3) is 0 Å². The molecule has 3 N–H and O–H groups in total. The van der Waals surface area contributed by atoms with Gasteiger partial charge >= 0.3 is 0 Å². The molecule has 6 heteroatoms. The summed E-state index contributed by atoms with van der Waals surface area (Å²) >= 11 is 0. The summed E-state index contributed by atoms with van der Waals surface area (Å²) < 4.78 is 24.0. The van der Waals surface area contributed by atoms with E-state index in [2.05, 4.69) is 5.16 Å². The molecule has 0 fully saturated rings. The van der Waals surface area contributed by atoms with Crippen molar-refractivity contribution in [1.82, 2.24) is 0 Å². The smallest absolute Gasteiger partial charge is 0.173 e. The van der Waals surface area contributed by atoms with E-state index in [9.17, 15) is 4.39 Å². The van der Waals surface area contributed by atoms with Gasteiger partial charge in [0, 0.05) is 6.07 Å². The molecule has 0 unspecified atom stereocenters. The average molecular weight is 290 g/mol. The predicted octanol–water partition coefficient (Wildman–Crippen LogP) is 3.03. The standard InChI is InChI=1S/C15H15FN2O3/c1-9-7-10(16)3-6-13(9)21-14-8-11(20-2)4-5-12(14)15(17)18-19/h3-8,19H,1-2H3,(H2,17,18). The number of aryl methyl sites for hydroxylation is 1. The van der Waals surface area contributed by atoms with Gasteiger partial charge in [-0.15, -0.1) is 0 Å². The van der Waals surface area contributed by atoms with Crippen LogP contribution in [0.1, 0.15) is 11.1 Å². The van der Waals surface area contributed by atoms with Crippen molar-refractivity contribution < 1.29 is 19.1 Å². The second kappa shape index (κ2) is 6.13. The van der Waals surface area contributed by atoms with Crippen molar-refractivity contribution in [1.29, 1.82) is 0 Å². The van der Waals surface area contributed by atoms with E-state index in [4.69, 9.17) is 20.4 Å². The van der Waals surface area contributed by atoms with Crippen molar-refractivity contribution in [3.63, 3.8) is 0 Å². The Morgan fingerprint density at radius 2 is 1.95 bits per heavy atom. The summed E-state index contributed by atoms with van der Waals surface area (Å²) in [5, 5.41) is 11.8. The highest BCUT2D eigenvalue weighted by Crippen LogP contribution is 2.31. The zero-order chi connectivity index (χ0) is 15.4. The molecule has 0 aliphatic heterocycles. The van der Waals surface area contributed by atoms with Gasteiger partial charge in [-0.05, 0) is 42.8 Å². The fourth-order valence-electron chi connectivity index (χ4n) is 1.83. The Balaban J connectivity index is 2.46. The molecule has 0 spiro atoms. The molecule has 21 heavy (non-hydrogen) atoms. The Morgan fingerprint density at radius 3 is 2.57 bits per heavy atom. The minimum Gasteiger partial charge on any atom is -0.497 e. The first kappa shape index (κ1) is 14.6. The number of benzene rings is 2. The Bertz CT molecular complexity index is 687. The van der Waals surface area contributed by atoms with E-state index in [1.165, 1.54) is 25.3 Å². The van der Waals surface area contributed by atoms with Crippen molar-refractivity contribution in [3.8, 4) is 17.2 Å². The van der Waals surface area contributed by atoms with Gasteiger partial charge in [0.05, 0.1) is 12.7 Å². The van der Waals surface area contributed by atoms with Crippen LogP contribution in [-0.2, 0) is 0 Å². The van der Waals surface area contributed by atoms with E-state index < -0.39 is 0 Å². The second-order valence-corrected chi connectivity index (χ2v) is 4.36. The Hall–Kier alpha value is -2.76. The maximum absolute atomic E-state index is 13.1. The van der Waals surface area contributed by atoms with Crippen LogP contribution in [0.4, 0.5) is 4.39 Å². The van der Waals surface area contributed by atoms with E-state index in [0.29, 0.717) is 28.4 Å². The number of methoxy groups -OCH3 is 1. The number of amidine groups is 1. The van der Waals surface area contributed by atoms with Crippen LogP contribution in [0.3, 0.4) is 0 Å².